The smallest absolute Gasteiger partial charge is 0.173 e. The molecule has 0 fully saturated rings. The van der Waals surface area contributed by atoms with Crippen molar-refractivity contribution in [1.29, 1.82) is 0 Å². The van der Waals surface area contributed by atoms with Crippen molar-refractivity contribution in [1.82, 2.24) is 4.98 Å². The summed E-state index contributed by atoms with van der Waals surface area (Å²) in [5.74, 6) is 0.831. The van der Waals surface area contributed by atoms with Gasteiger partial charge < -0.3 is 15.8 Å². The molecule has 0 amide bonds. The molecule has 0 radical (unpaired) electrons. The number of aromatic nitrogens is 1. The zero-order chi connectivity index (χ0) is 13.0. The maximum absolute atomic E-state index is 8.78. The molecule has 5 nitrogen and oxygen atoms in total. The molecule has 17 heavy (non-hydrogen) atoms. The van der Waals surface area contributed by atoms with Gasteiger partial charge in [0.15, 0.2) is 5.84 Å². The van der Waals surface area contributed by atoms with Crippen molar-refractivity contribution in [3.63, 3.8) is 0 Å². The van der Waals surface area contributed by atoms with Crippen molar-refractivity contribution in [2.45, 2.75) is 33.2 Å². The third-order valence-electron chi connectivity index (χ3n) is 2.98. The molecule has 0 aromatic carbocycles. The van der Waals surface area contributed by atoms with Crippen molar-refractivity contribution in [2.75, 3.05) is 11.9 Å². The topological polar surface area (TPSA) is 74.7 Å². The number of pyridine rings is 1. The molecule has 1 aromatic heterocycles. The number of rotatable bonds is 4. The van der Waals surface area contributed by atoms with Gasteiger partial charge in [-0.15, -0.1) is 0 Å². The predicted octanol–water partition coefficient (Wildman–Crippen LogP) is 1.72. The van der Waals surface area contributed by atoms with Crippen molar-refractivity contribution < 1.29 is 5.21 Å². The SMILES string of the molecule is CCC(C)N(C)c1nc(C)ccc1C(N)=NO. The maximum atomic E-state index is 8.78. The molecule has 1 aromatic rings. The second-order valence-electron chi connectivity index (χ2n) is 4.18. The number of amidine groups is 1. The number of oxime groups is 1. The average molecular weight is 236 g/mol. The van der Waals surface area contributed by atoms with E-state index in [0.29, 0.717) is 11.6 Å². The normalized spacial score (nSPS) is 13.5. The van der Waals surface area contributed by atoms with Crippen LogP contribution < -0.4 is 10.6 Å². The van der Waals surface area contributed by atoms with Crippen LogP contribution in [0.15, 0.2) is 17.3 Å². The molecular formula is C12H20N4O. The zero-order valence-electron chi connectivity index (χ0n) is 10.8. The molecular weight excluding hydrogens is 216 g/mol. The van der Waals surface area contributed by atoms with Crippen LogP contribution >= 0.6 is 0 Å². The van der Waals surface area contributed by atoms with E-state index < -0.39 is 0 Å². The molecule has 0 saturated heterocycles. The highest BCUT2D eigenvalue weighted by Gasteiger charge is 2.16. The van der Waals surface area contributed by atoms with E-state index >= 15 is 0 Å². The Morgan fingerprint density at radius 1 is 1.59 bits per heavy atom. The van der Waals surface area contributed by atoms with Crippen LogP contribution in [-0.4, -0.2) is 29.1 Å². The molecule has 1 rings (SSSR count). The van der Waals surface area contributed by atoms with E-state index in [1.807, 2.05) is 31.0 Å². The summed E-state index contributed by atoms with van der Waals surface area (Å²) in [4.78, 5) is 6.51. The van der Waals surface area contributed by atoms with E-state index in [2.05, 4.69) is 24.0 Å². The van der Waals surface area contributed by atoms with Gasteiger partial charge >= 0.3 is 0 Å². The highest BCUT2D eigenvalue weighted by atomic mass is 16.4. The van der Waals surface area contributed by atoms with Crippen molar-refractivity contribution >= 4 is 11.7 Å². The summed E-state index contributed by atoms with van der Waals surface area (Å²) in [6, 6.07) is 4.02. The van der Waals surface area contributed by atoms with Crippen LogP contribution in [0.4, 0.5) is 5.82 Å². The Morgan fingerprint density at radius 3 is 2.76 bits per heavy atom. The van der Waals surface area contributed by atoms with Crippen LogP contribution in [0.5, 0.6) is 0 Å². The van der Waals surface area contributed by atoms with Crippen molar-refractivity contribution in [3.8, 4) is 0 Å². The molecule has 1 atom stereocenters. The van der Waals surface area contributed by atoms with E-state index in [4.69, 9.17) is 10.9 Å². The van der Waals surface area contributed by atoms with Crippen LogP contribution in [0, 0.1) is 6.92 Å². The molecule has 0 aliphatic heterocycles. The molecule has 1 heterocycles. The number of nitrogens with zero attached hydrogens (tertiary/aromatic N) is 3. The van der Waals surface area contributed by atoms with E-state index in [1.165, 1.54) is 0 Å². The van der Waals surface area contributed by atoms with Gasteiger partial charge in [0.1, 0.15) is 5.82 Å². The zero-order valence-corrected chi connectivity index (χ0v) is 10.8. The minimum Gasteiger partial charge on any atom is -0.409 e. The van der Waals surface area contributed by atoms with Crippen molar-refractivity contribution in [3.05, 3.63) is 23.4 Å². The van der Waals surface area contributed by atoms with E-state index in [-0.39, 0.29) is 5.84 Å². The molecule has 5 heteroatoms. The summed E-state index contributed by atoms with van der Waals surface area (Å²) >= 11 is 0. The number of hydrogen-bond acceptors (Lipinski definition) is 4. The number of hydrogen-bond donors (Lipinski definition) is 2. The fourth-order valence-electron chi connectivity index (χ4n) is 1.55. The Hall–Kier alpha value is -1.78. The lowest BCUT2D eigenvalue weighted by Crippen LogP contribution is -2.31. The monoisotopic (exact) mass is 236 g/mol. The van der Waals surface area contributed by atoms with Crippen LogP contribution in [0.3, 0.4) is 0 Å². The van der Waals surface area contributed by atoms with Gasteiger partial charge in [0.05, 0.1) is 5.56 Å². The summed E-state index contributed by atoms with van der Waals surface area (Å²) in [5.41, 5.74) is 7.22. The fraction of sp³-hybridized carbons (Fsp3) is 0.500. The maximum Gasteiger partial charge on any atom is 0.173 e. The lowest BCUT2D eigenvalue weighted by atomic mass is 10.1. The van der Waals surface area contributed by atoms with Crippen LogP contribution in [0.2, 0.25) is 0 Å². The summed E-state index contributed by atoms with van der Waals surface area (Å²) in [6.07, 6.45) is 1.00. The molecule has 94 valence electrons. The highest BCUT2D eigenvalue weighted by Crippen LogP contribution is 2.20. The van der Waals surface area contributed by atoms with Gasteiger partial charge in [-0.2, -0.15) is 0 Å². The van der Waals surface area contributed by atoms with Gasteiger partial charge in [-0.1, -0.05) is 12.1 Å². The van der Waals surface area contributed by atoms with Gasteiger partial charge in [-0.05, 0) is 32.4 Å². The third-order valence-corrected chi connectivity index (χ3v) is 2.98. The first-order chi connectivity index (χ1) is 8.01. The van der Waals surface area contributed by atoms with Crippen LogP contribution in [0.25, 0.3) is 0 Å². The Kier molecular flexibility index (Phi) is 4.31. The molecule has 0 aliphatic rings. The van der Waals surface area contributed by atoms with E-state index in [0.717, 1.165) is 17.9 Å². The number of aryl methyl sites for hydroxylation is 1. The van der Waals surface area contributed by atoms with Gasteiger partial charge in [-0.3, -0.25) is 0 Å². The molecule has 0 spiro atoms. The Balaban J connectivity index is 3.24. The predicted molar refractivity (Wildman–Crippen MR) is 69.6 cm³/mol. The first-order valence-electron chi connectivity index (χ1n) is 5.69. The fourth-order valence-corrected chi connectivity index (χ4v) is 1.55. The van der Waals surface area contributed by atoms with Gasteiger partial charge in [0, 0.05) is 18.8 Å². The van der Waals surface area contributed by atoms with Gasteiger partial charge in [0.25, 0.3) is 0 Å². The Labute approximate surface area is 102 Å². The van der Waals surface area contributed by atoms with Crippen LogP contribution in [0.1, 0.15) is 31.5 Å². The lowest BCUT2D eigenvalue weighted by Gasteiger charge is -2.27. The standard InChI is InChI=1S/C12H20N4O/c1-5-9(3)16(4)12-10(11(13)15-17)7-6-8(2)14-12/h6-7,9,17H,5H2,1-4H3,(H2,13,15). The van der Waals surface area contributed by atoms with Crippen molar-refractivity contribution in [2.24, 2.45) is 10.9 Å². The summed E-state index contributed by atoms with van der Waals surface area (Å²) in [6.45, 7) is 6.14. The minimum atomic E-state index is 0.0858. The Bertz CT molecular complexity index is 417. The highest BCUT2D eigenvalue weighted by molar-refractivity contribution is 6.01. The van der Waals surface area contributed by atoms with E-state index in [1.54, 1.807) is 0 Å². The third kappa shape index (κ3) is 2.87. The number of anilines is 1. The molecule has 0 bridgehead atoms. The summed E-state index contributed by atoms with van der Waals surface area (Å²) in [5, 5.41) is 11.8. The van der Waals surface area contributed by atoms with Gasteiger partial charge in [0.2, 0.25) is 0 Å². The first kappa shape index (κ1) is 13.3. The summed E-state index contributed by atoms with van der Waals surface area (Å²) < 4.78 is 0. The van der Waals surface area contributed by atoms with Gasteiger partial charge in [-0.25, -0.2) is 4.98 Å². The molecule has 3 N–H and O–H groups in total. The van der Waals surface area contributed by atoms with E-state index in [9.17, 15) is 0 Å². The lowest BCUT2D eigenvalue weighted by molar-refractivity contribution is 0.318. The number of nitrogens with two attached hydrogens (primary N) is 1. The largest absolute Gasteiger partial charge is 0.409 e. The molecule has 0 saturated carbocycles. The average Bonchev–Trinajstić information content (AvgIpc) is 2.35. The second-order valence-corrected chi connectivity index (χ2v) is 4.18. The quantitative estimate of drug-likeness (QED) is 0.361. The first-order valence-corrected chi connectivity index (χ1v) is 5.69. The summed E-state index contributed by atoms with van der Waals surface area (Å²) in [7, 11) is 1.96. The molecule has 0 aliphatic carbocycles. The second kappa shape index (κ2) is 5.52. The Morgan fingerprint density at radius 2 is 2.24 bits per heavy atom. The minimum absolute atomic E-state index is 0.0858. The molecule has 1 unspecified atom stereocenters. The van der Waals surface area contributed by atoms with Crippen LogP contribution in [-0.2, 0) is 0 Å².